The SMILES string of the molecule is O=C(Nc1nc(CC(=O)N2CCC(NS(=O)(=O)c3cccs3)CC2)cs1)c1ccccc1. The molecule has 0 unspecified atom stereocenters. The van der Waals surface area contributed by atoms with Crippen LogP contribution in [0.3, 0.4) is 0 Å². The summed E-state index contributed by atoms with van der Waals surface area (Å²) in [5.74, 6) is -0.305. The van der Waals surface area contributed by atoms with Gasteiger partial charge >= 0.3 is 0 Å². The van der Waals surface area contributed by atoms with Crippen LogP contribution in [0.25, 0.3) is 0 Å². The number of aromatic nitrogens is 1. The predicted octanol–water partition coefficient (Wildman–Crippen LogP) is 2.97. The average molecular weight is 491 g/mol. The quantitative estimate of drug-likeness (QED) is 0.529. The first kappa shape index (κ1) is 22.6. The molecule has 1 fully saturated rings. The van der Waals surface area contributed by atoms with Gasteiger partial charge in [0.25, 0.3) is 5.91 Å². The van der Waals surface area contributed by atoms with Crippen molar-refractivity contribution in [3.8, 4) is 0 Å². The van der Waals surface area contributed by atoms with E-state index in [1.807, 2.05) is 6.07 Å². The van der Waals surface area contributed by atoms with E-state index in [4.69, 9.17) is 0 Å². The number of anilines is 1. The molecule has 11 heteroatoms. The van der Waals surface area contributed by atoms with Crippen LogP contribution in [0.15, 0.2) is 57.4 Å². The van der Waals surface area contributed by atoms with Crippen LogP contribution < -0.4 is 10.0 Å². The Hall–Kier alpha value is -2.60. The molecule has 0 bridgehead atoms. The Labute approximate surface area is 194 Å². The molecule has 2 aromatic heterocycles. The van der Waals surface area contributed by atoms with Crippen molar-refractivity contribution >= 4 is 49.6 Å². The van der Waals surface area contributed by atoms with Gasteiger partial charge in [-0.1, -0.05) is 24.3 Å². The number of carbonyl (C=O) groups is 2. The topological polar surface area (TPSA) is 108 Å². The normalized spacial score (nSPS) is 14.9. The molecule has 1 aliphatic rings. The minimum atomic E-state index is -3.51. The van der Waals surface area contributed by atoms with Gasteiger partial charge < -0.3 is 4.90 Å². The highest BCUT2D eigenvalue weighted by Crippen LogP contribution is 2.21. The first-order chi connectivity index (χ1) is 15.4. The van der Waals surface area contributed by atoms with Crippen molar-refractivity contribution in [2.45, 2.75) is 29.5 Å². The summed E-state index contributed by atoms with van der Waals surface area (Å²) < 4.78 is 27.8. The molecular weight excluding hydrogens is 468 g/mol. The van der Waals surface area contributed by atoms with E-state index in [9.17, 15) is 18.0 Å². The zero-order valence-electron chi connectivity index (χ0n) is 17.1. The van der Waals surface area contributed by atoms with Crippen molar-refractivity contribution in [2.75, 3.05) is 18.4 Å². The van der Waals surface area contributed by atoms with Gasteiger partial charge in [0.1, 0.15) is 4.21 Å². The summed E-state index contributed by atoms with van der Waals surface area (Å²) in [7, 11) is -3.51. The highest BCUT2D eigenvalue weighted by Gasteiger charge is 2.27. The summed E-state index contributed by atoms with van der Waals surface area (Å²) >= 11 is 2.46. The van der Waals surface area contributed by atoms with Gasteiger partial charge in [0.2, 0.25) is 15.9 Å². The van der Waals surface area contributed by atoms with Gasteiger partial charge in [-0.15, -0.1) is 22.7 Å². The third kappa shape index (κ3) is 5.60. The summed E-state index contributed by atoms with van der Waals surface area (Å²) in [6, 6.07) is 12.0. The van der Waals surface area contributed by atoms with Gasteiger partial charge in [0, 0.05) is 30.1 Å². The lowest BCUT2D eigenvalue weighted by molar-refractivity contribution is -0.131. The number of sulfonamides is 1. The molecule has 4 rings (SSSR count). The van der Waals surface area contributed by atoms with E-state index in [0.29, 0.717) is 46.5 Å². The van der Waals surface area contributed by atoms with Crippen molar-refractivity contribution in [3.05, 3.63) is 64.5 Å². The monoisotopic (exact) mass is 490 g/mol. The van der Waals surface area contributed by atoms with Crippen LogP contribution in [0, 0.1) is 0 Å². The molecule has 3 heterocycles. The Kier molecular flexibility index (Phi) is 6.99. The van der Waals surface area contributed by atoms with Gasteiger partial charge in [-0.2, -0.15) is 0 Å². The molecule has 8 nitrogen and oxygen atoms in total. The Balaban J connectivity index is 1.26. The standard InChI is InChI=1S/C21H22N4O4S3/c26-18(13-17-14-31-21(22-17)23-20(27)15-5-2-1-3-6-15)25-10-8-16(9-11-25)24-32(28,29)19-7-4-12-30-19/h1-7,12,14,16,24H,8-11,13H2,(H,22,23,27). The second kappa shape index (κ2) is 9.90. The van der Waals surface area contributed by atoms with Crippen molar-refractivity contribution in [3.63, 3.8) is 0 Å². The van der Waals surface area contributed by atoms with Crippen LogP contribution in [0.5, 0.6) is 0 Å². The van der Waals surface area contributed by atoms with Crippen molar-refractivity contribution in [1.29, 1.82) is 0 Å². The number of benzene rings is 1. The van der Waals surface area contributed by atoms with Gasteiger partial charge in [0.15, 0.2) is 5.13 Å². The van der Waals surface area contributed by atoms with E-state index >= 15 is 0 Å². The van der Waals surface area contributed by atoms with Gasteiger partial charge in [-0.3, -0.25) is 14.9 Å². The number of carbonyl (C=O) groups excluding carboxylic acids is 2. The van der Waals surface area contributed by atoms with Crippen LogP contribution >= 0.6 is 22.7 Å². The fraction of sp³-hybridized carbons (Fsp3) is 0.286. The third-order valence-electron chi connectivity index (χ3n) is 5.07. The fourth-order valence-electron chi connectivity index (χ4n) is 3.41. The average Bonchev–Trinajstić information content (AvgIpc) is 3.47. The molecular formula is C21H22N4O4S3. The summed E-state index contributed by atoms with van der Waals surface area (Å²) in [4.78, 5) is 31.0. The fourth-order valence-corrected chi connectivity index (χ4v) is 6.43. The first-order valence-electron chi connectivity index (χ1n) is 10.0. The smallest absolute Gasteiger partial charge is 0.257 e. The Morgan fingerprint density at radius 3 is 2.50 bits per heavy atom. The predicted molar refractivity (Wildman–Crippen MR) is 124 cm³/mol. The highest BCUT2D eigenvalue weighted by atomic mass is 32.2. The second-order valence-corrected chi connectivity index (χ2v) is 11.1. The third-order valence-corrected chi connectivity index (χ3v) is 8.79. The molecule has 0 radical (unpaired) electrons. The molecule has 0 saturated carbocycles. The number of thiazole rings is 1. The van der Waals surface area contributed by atoms with Crippen LogP contribution in [0.1, 0.15) is 28.9 Å². The molecule has 0 atom stereocenters. The van der Waals surface area contributed by atoms with Crippen molar-refractivity contribution < 1.29 is 18.0 Å². The van der Waals surface area contributed by atoms with Crippen LogP contribution in [0.4, 0.5) is 5.13 Å². The van der Waals surface area contributed by atoms with Gasteiger partial charge in [-0.25, -0.2) is 18.1 Å². The van der Waals surface area contributed by atoms with E-state index in [0.717, 1.165) is 0 Å². The zero-order valence-corrected chi connectivity index (χ0v) is 19.5. The number of hydrogen-bond acceptors (Lipinski definition) is 7. The molecule has 1 saturated heterocycles. The van der Waals surface area contributed by atoms with Crippen LogP contribution in [-0.4, -0.2) is 49.2 Å². The van der Waals surface area contributed by atoms with Gasteiger partial charge in [-0.05, 0) is 36.4 Å². The number of likely N-dealkylation sites (tertiary alicyclic amines) is 1. The number of nitrogens with zero attached hydrogens (tertiary/aromatic N) is 2. The van der Waals surface area contributed by atoms with Crippen molar-refractivity contribution in [2.24, 2.45) is 0 Å². The molecule has 0 spiro atoms. The summed E-state index contributed by atoms with van der Waals surface area (Å²) in [6.45, 7) is 0.969. The maximum Gasteiger partial charge on any atom is 0.257 e. The Bertz CT molecular complexity index is 1170. The maximum absolute atomic E-state index is 12.7. The minimum absolute atomic E-state index is 0.0594. The molecule has 3 aromatic rings. The van der Waals surface area contributed by atoms with Gasteiger partial charge in [0.05, 0.1) is 12.1 Å². The number of piperidine rings is 1. The lowest BCUT2D eigenvalue weighted by Gasteiger charge is -2.32. The number of rotatable bonds is 7. The summed E-state index contributed by atoms with van der Waals surface area (Å²) in [5, 5.41) is 6.69. The number of hydrogen-bond donors (Lipinski definition) is 2. The molecule has 32 heavy (non-hydrogen) atoms. The van der Waals surface area contributed by atoms with E-state index < -0.39 is 10.0 Å². The molecule has 2 N–H and O–H groups in total. The summed E-state index contributed by atoms with van der Waals surface area (Å²) in [6.07, 6.45) is 1.26. The molecule has 1 aliphatic heterocycles. The first-order valence-corrected chi connectivity index (χ1v) is 13.3. The summed E-state index contributed by atoms with van der Waals surface area (Å²) in [5.41, 5.74) is 1.14. The van der Waals surface area contributed by atoms with E-state index in [2.05, 4.69) is 15.0 Å². The van der Waals surface area contributed by atoms with Crippen LogP contribution in [0.2, 0.25) is 0 Å². The molecule has 168 valence electrons. The lowest BCUT2D eigenvalue weighted by atomic mass is 10.1. The highest BCUT2D eigenvalue weighted by molar-refractivity contribution is 7.91. The Morgan fingerprint density at radius 2 is 1.81 bits per heavy atom. The molecule has 2 amide bonds. The largest absolute Gasteiger partial charge is 0.342 e. The Morgan fingerprint density at radius 1 is 1.06 bits per heavy atom. The minimum Gasteiger partial charge on any atom is -0.342 e. The maximum atomic E-state index is 12.7. The van der Waals surface area contributed by atoms with E-state index in [1.54, 1.807) is 52.1 Å². The lowest BCUT2D eigenvalue weighted by Crippen LogP contribution is -2.46. The van der Waals surface area contributed by atoms with E-state index in [1.165, 1.54) is 22.7 Å². The number of thiophene rings is 1. The second-order valence-electron chi connectivity index (χ2n) is 7.35. The number of amides is 2. The zero-order chi connectivity index (χ0) is 22.6. The number of nitrogens with one attached hydrogen (secondary N) is 2. The van der Waals surface area contributed by atoms with Crippen LogP contribution in [-0.2, 0) is 21.2 Å². The molecule has 0 aliphatic carbocycles. The van der Waals surface area contributed by atoms with E-state index in [-0.39, 0.29) is 24.3 Å². The van der Waals surface area contributed by atoms with Crippen molar-refractivity contribution in [1.82, 2.24) is 14.6 Å². The molecule has 1 aromatic carbocycles.